The molecule has 6 heteroatoms. The summed E-state index contributed by atoms with van der Waals surface area (Å²) >= 11 is 0. The van der Waals surface area contributed by atoms with E-state index in [1.165, 1.54) is 0 Å². The van der Waals surface area contributed by atoms with Crippen molar-refractivity contribution in [1.82, 2.24) is 9.88 Å². The van der Waals surface area contributed by atoms with Gasteiger partial charge in [0.2, 0.25) is 5.89 Å². The Morgan fingerprint density at radius 2 is 2.14 bits per heavy atom. The number of nitrogens with two attached hydrogens (primary N) is 1. The summed E-state index contributed by atoms with van der Waals surface area (Å²) in [6.45, 7) is 3.83. The Bertz CT molecular complexity index is 649. The highest BCUT2D eigenvalue weighted by atomic mass is 16.7. The van der Waals surface area contributed by atoms with Crippen molar-refractivity contribution in [2.75, 3.05) is 32.0 Å². The zero-order valence-corrected chi connectivity index (χ0v) is 11.9. The summed E-state index contributed by atoms with van der Waals surface area (Å²) in [5.41, 5.74) is 8.06. The van der Waals surface area contributed by atoms with Crippen LogP contribution in [0.5, 0.6) is 0 Å². The van der Waals surface area contributed by atoms with Crippen molar-refractivity contribution < 1.29 is 13.9 Å². The van der Waals surface area contributed by atoms with Crippen LogP contribution in [0.4, 0.5) is 5.69 Å². The monoisotopic (exact) mass is 289 g/mol. The maximum atomic E-state index is 5.79. The lowest BCUT2D eigenvalue weighted by atomic mass is 10.0. The van der Waals surface area contributed by atoms with E-state index in [0.29, 0.717) is 31.3 Å². The van der Waals surface area contributed by atoms with Crippen LogP contribution in [0.3, 0.4) is 0 Å². The molecule has 3 heterocycles. The zero-order chi connectivity index (χ0) is 14.3. The second-order valence-corrected chi connectivity index (χ2v) is 5.76. The Balaban J connectivity index is 1.51. The Kier molecular flexibility index (Phi) is 3.10. The van der Waals surface area contributed by atoms with Crippen molar-refractivity contribution in [2.24, 2.45) is 0 Å². The van der Waals surface area contributed by atoms with E-state index in [9.17, 15) is 0 Å². The van der Waals surface area contributed by atoms with Crippen molar-refractivity contribution in [3.8, 4) is 0 Å². The summed E-state index contributed by atoms with van der Waals surface area (Å²) in [5.74, 6) is 0.306. The van der Waals surface area contributed by atoms with Gasteiger partial charge in [0.25, 0.3) is 0 Å². The number of oxazole rings is 1. The first kappa shape index (κ1) is 13.1. The third-order valence-corrected chi connectivity index (χ3v) is 4.12. The van der Waals surface area contributed by atoms with Gasteiger partial charge in [-0.05, 0) is 31.2 Å². The minimum atomic E-state index is -0.408. The number of aromatic nitrogens is 1. The third kappa shape index (κ3) is 2.50. The van der Waals surface area contributed by atoms with Gasteiger partial charge < -0.3 is 19.6 Å². The molecule has 0 radical (unpaired) electrons. The number of anilines is 1. The fourth-order valence-electron chi connectivity index (χ4n) is 3.19. The predicted molar refractivity (Wildman–Crippen MR) is 77.6 cm³/mol. The molecule has 0 unspecified atom stereocenters. The fraction of sp³-hybridized carbons (Fsp3) is 0.533. The van der Waals surface area contributed by atoms with Gasteiger partial charge in [0.05, 0.1) is 26.3 Å². The molecule has 2 aliphatic heterocycles. The van der Waals surface area contributed by atoms with Crippen molar-refractivity contribution in [1.29, 1.82) is 0 Å². The van der Waals surface area contributed by atoms with Gasteiger partial charge in [0.1, 0.15) is 5.52 Å². The average molecular weight is 289 g/mol. The van der Waals surface area contributed by atoms with Crippen molar-refractivity contribution in [2.45, 2.75) is 25.2 Å². The highest BCUT2D eigenvalue weighted by Crippen LogP contribution is 2.31. The van der Waals surface area contributed by atoms with Gasteiger partial charge in [0, 0.05) is 12.1 Å². The van der Waals surface area contributed by atoms with Crippen LogP contribution in [0.25, 0.3) is 11.1 Å². The molecule has 4 rings (SSSR count). The molecule has 0 aliphatic carbocycles. The van der Waals surface area contributed by atoms with Crippen LogP contribution in [-0.4, -0.2) is 42.0 Å². The topological polar surface area (TPSA) is 73.8 Å². The minimum absolute atomic E-state index is 0.408. The van der Waals surface area contributed by atoms with Crippen molar-refractivity contribution in [3.05, 3.63) is 24.1 Å². The smallest absolute Gasteiger partial charge is 0.209 e. The van der Waals surface area contributed by atoms with Crippen LogP contribution in [-0.2, 0) is 16.0 Å². The number of fused-ring (bicyclic) bond motifs is 1. The number of piperidine rings is 1. The van der Waals surface area contributed by atoms with E-state index in [0.717, 1.165) is 37.0 Å². The number of benzene rings is 1. The summed E-state index contributed by atoms with van der Waals surface area (Å²) in [5, 5.41) is 0. The second kappa shape index (κ2) is 4.98. The van der Waals surface area contributed by atoms with Crippen LogP contribution in [0.15, 0.2) is 22.6 Å². The molecule has 6 nitrogen and oxygen atoms in total. The number of hydrogen-bond donors (Lipinski definition) is 1. The van der Waals surface area contributed by atoms with E-state index in [2.05, 4.69) is 9.88 Å². The van der Waals surface area contributed by atoms with E-state index in [1.54, 1.807) is 0 Å². The molecule has 1 spiro atoms. The highest BCUT2D eigenvalue weighted by molar-refractivity contribution is 5.76. The first-order chi connectivity index (χ1) is 10.2. The van der Waals surface area contributed by atoms with Crippen LogP contribution in [0, 0.1) is 0 Å². The van der Waals surface area contributed by atoms with Crippen LogP contribution in [0.1, 0.15) is 18.7 Å². The van der Waals surface area contributed by atoms with Crippen LogP contribution >= 0.6 is 0 Å². The number of ether oxygens (including phenoxy) is 2. The molecule has 2 saturated heterocycles. The largest absolute Gasteiger partial charge is 0.439 e. The quantitative estimate of drug-likeness (QED) is 0.849. The van der Waals surface area contributed by atoms with Gasteiger partial charge >= 0.3 is 0 Å². The third-order valence-electron chi connectivity index (χ3n) is 4.12. The number of rotatable bonds is 2. The van der Waals surface area contributed by atoms with Crippen LogP contribution in [0.2, 0.25) is 0 Å². The molecule has 1 aromatic heterocycles. The van der Waals surface area contributed by atoms with E-state index in [-0.39, 0.29) is 0 Å². The fourth-order valence-corrected chi connectivity index (χ4v) is 3.19. The molecule has 112 valence electrons. The Morgan fingerprint density at radius 3 is 3.00 bits per heavy atom. The van der Waals surface area contributed by atoms with Gasteiger partial charge in [-0.3, -0.25) is 4.90 Å². The molecule has 21 heavy (non-hydrogen) atoms. The zero-order valence-electron chi connectivity index (χ0n) is 11.9. The van der Waals surface area contributed by atoms with E-state index in [4.69, 9.17) is 19.6 Å². The summed E-state index contributed by atoms with van der Waals surface area (Å²) in [4.78, 5) is 6.79. The lowest BCUT2D eigenvalue weighted by molar-refractivity contribution is -0.190. The molecule has 2 aromatic rings. The molecule has 0 saturated carbocycles. The highest BCUT2D eigenvalue weighted by Gasteiger charge is 2.40. The summed E-state index contributed by atoms with van der Waals surface area (Å²) in [6.07, 6.45) is 2.03. The maximum Gasteiger partial charge on any atom is 0.209 e. The summed E-state index contributed by atoms with van der Waals surface area (Å²) < 4.78 is 17.4. The molecular formula is C15H19N3O3. The standard InChI is InChI=1S/C15H19N3O3/c16-11-2-3-13-12(8-11)17-14(21-13)9-18-5-1-4-15(10-18)19-6-7-20-15/h2-3,8H,1,4-7,9-10,16H2. The Hall–Kier alpha value is -1.63. The Morgan fingerprint density at radius 1 is 1.29 bits per heavy atom. The summed E-state index contributed by atoms with van der Waals surface area (Å²) in [6, 6.07) is 5.53. The van der Waals surface area contributed by atoms with Gasteiger partial charge in [-0.15, -0.1) is 0 Å². The molecule has 0 bridgehead atoms. The van der Waals surface area contributed by atoms with Crippen molar-refractivity contribution in [3.63, 3.8) is 0 Å². The molecule has 0 atom stereocenters. The molecule has 1 aromatic carbocycles. The predicted octanol–water partition coefficient (Wildman–Crippen LogP) is 1.75. The van der Waals surface area contributed by atoms with Gasteiger partial charge in [-0.1, -0.05) is 0 Å². The molecule has 0 amide bonds. The molecular weight excluding hydrogens is 270 g/mol. The van der Waals surface area contributed by atoms with Gasteiger partial charge in [-0.2, -0.15) is 0 Å². The first-order valence-electron chi connectivity index (χ1n) is 7.38. The average Bonchev–Trinajstić information content (AvgIpc) is 3.05. The number of nitrogens with zero attached hydrogens (tertiary/aromatic N) is 2. The van der Waals surface area contributed by atoms with Crippen LogP contribution < -0.4 is 5.73 Å². The first-order valence-corrected chi connectivity index (χ1v) is 7.38. The lowest BCUT2D eigenvalue weighted by Gasteiger charge is -2.37. The van der Waals surface area contributed by atoms with E-state index >= 15 is 0 Å². The maximum absolute atomic E-state index is 5.79. The summed E-state index contributed by atoms with van der Waals surface area (Å²) in [7, 11) is 0. The number of hydrogen-bond acceptors (Lipinski definition) is 6. The van der Waals surface area contributed by atoms with E-state index < -0.39 is 5.79 Å². The number of nitrogen functional groups attached to an aromatic ring is 1. The molecule has 2 N–H and O–H groups in total. The molecule has 2 aliphatic rings. The normalized spacial score (nSPS) is 22.3. The second-order valence-electron chi connectivity index (χ2n) is 5.76. The van der Waals surface area contributed by atoms with E-state index in [1.807, 2.05) is 18.2 Å². The van der Waals surface area contributed by atoms with Crippen molar-refractivity contribution >= 4 is 16.8 Å². The molecule has 2 fully saturated rings. The SMILES string of the molecule is Nc1ccc2oc(CN3CCCC4(C3)OCCO4)nc2c1. The minimum Gasteiger partial charge on any atom is -0.439 e. The van der Waals surface area contributed by atoms with Gasteiger partial charge in [-0.25, -0.2) is 4.98 Å². The lowest BCUT2D eigenvalue weighted by Crippen LogP contribution is -2.48. The van der Waals surface area contributed by atoms with Gasteiger partial charge in [0.15, 0.2) is 11.4 Å². The Labute approximate surface area is 122 Å². The number of likely N-dealkylation sites (tertiary alicyclic amines) is 1.